The zero-order chi connectivity index (χ0) is 15.6. The van der Waals surface area contributed by atoms with Crippen LogP contribution in [0.3, 0.4) is 0 Å². The monoisotopic (exact) mass is 308 g/mol. The summed E-state index contributed by atoms with van der Waals surface area (Å²) in [7, 11) is 0. The predicted molar refractivity (Wildman–Crippen MR) is 69.6 cm³/mol. The maximum Gasteiger partial charge on any atom is 0.200 e. The van der Waals surface area contributed by atoms with Crippen LogP contribution < -0.4 is 5.32 Å². The average Bonchev–Trinajstić information content (AvgIpc) is 2.49. The number of nitrogens with zero attached hydrogens (tertiary/aromatic N) is 1. The first-order valence-corrected chi connectivity index (χ1v) is 6.96. The number of nitrogens with one attached hydrogen (secondary N) is 1. The Labute approximate surface area is 119 Å². The number of rotatable bonds is 4. The Hall–Kier alpha value is -1.37. The highest BCUT2D eigenvalue weighted by molar-refractivity contribution is 5.48. The number of anilines is 1. The Morgan fingerprint density at radius 1 is 0.905 bits per heavy atom. The molecule has 2 rings (SSSR count). The second-order valence-corrected chi connectivity index (χ2v) is 5.21. The first-order chi connectivity index (χ1) is 9.95. The van der Waals surface area contributed by atoms with Crippen molar-refractivity contribution in [3.8, 4) is 0 Å². The molecule has 1 aliphatic rings. The maximum atomic E-state index is 13.6. The molecule has 7 heteroatoms. The Morgan fingerprint density at radius 3 is 1.86 bits per heavy atom. The van der Waals surface area contributed by atoms with Crippen LogP contribution >= 0.6 is 0 Å². The summed E-state index contributed by atoms with van der Waals surface area (Å²) in [6, 6.07) is -0.300. The fourth-order valence-corrected chi connectivity index (χ4v) is 2.55. The summed E-state index contributed by atoms with van der Waals surface area (Å²) in [6.45, 7) is 4.47. The van der Waals surface area contributed by atoms with Gasteiger partial charge in [-0.15, -0.1) is 0 Å². The topological polar surface area (TPSA) is 15.3 Å². The molecule has 0 aromatic heterocycles. The third kappa shape index (κ3) is 3.28. The van der Waals surface area contributed by atoms with Crippen LogP contribution in [0.2, 0.25) is 0 Å². The third-order valence-electron chi connectivity index (χ3n) is 3.69. The molecule has 1 aromatic rings. The van der Waals surface area contributed by atoms with E-state index in [1.807, 2.05) is 0 Å². The van der Waals surface area contributed by atoms with Gasteiger partial charge in [-0.3, -0.25) is 0 Å². The summed E-state index contributed by atoms with van der Waals surface area (Å²) in [6.07, 6.45) is 2.20. The van der Waals surface area contributed by atoms with Crippen LogP contribution in [0.25, 0.3) is 0 Å². The standard InChI is InChI=1S/C14H17F5N2/c1-2-5-21-6-3-8(4-7-21)20-14-12(18)10(16)9(15)11(17)13(14)19/h8,20H,2-7H2,1H3. The molecule has 0 bridgehead atoms. The highest BCUT2D eigenvalue weighted by Crippen LogP contribution is 2.28. The van der Waals surface area contributed by atoms with Gasteiger partial charge in [-0.1, -0.05) is 6.92 Å². The molecule has 1 fully saturated rings. The summed E-state index contributed by atoms with van der Waals surface area (Å²) >= 11 is 0. The lowest BCUT2D eigenvalue weighted by Crippen LogP contribution is -2.39. The third-order valence-corrected chi connectivity index (χ3v) is 3.69. The minimum absolute atomic E-state index is 0.300. The van der Waals surface area contributed by atoms with E-state index in [1.54, 1.807) is 0 Å². The van der Waals surface area contributed by atoms with Crippen molar-refractivity contribution >= 4 is 5.69 Å². The van der Waals surface area contributed by atoms with E-state index in [2.05, 4.69) is 17.1 Å². The second-order valence-electron chi connectivity index (χ2n) is 5.21. The molecule has 1 heterocycles. The molecule has 0 radical (unpaired) electrons. The quantitative estimate of drug-likeness (QED) is 0.519. The van der Waals surface area contributed by atoms with E-state index in [4.69, 9.17) is 0 Å². The Kier molecular flexibility index (Phi) is 5.03. The molecule has 0 unspecified atom stereocenters. The lowest BCUT2D eigenvalue weighted by molar-refractivity contribution is 0.219. The van der Waals surface area contributed by atoms with Gasteiger partial charge in [-0.25, -0.2) is 22.0 Å². The van der Waals surface area contributed by atoms with Gasteiger partial charge in [0, 0.05) is 19.1 Å². The molecule has 0 spiro atoms. The molecule has 0 saturated carbocycles. The second kappa shape index (κ2) is 6.60. The van der Waals surface area contributed by atoms with Crippen LogP contribution in [0.1, 0.15) is 26.2 Å². The van der Waals surface area contributed by atoms with E-state index in [-0.39, 0.29) is 6.04 Å². The van der Waals surface area contributed by atoms with Gasteiger partial charge >= 0.3 is 0 Å². The molecule has 1 aromatic carbocycles. The van der Waals surface area contributed by atoms with Gasteiger partial charge in [-0.05, 0) is 25.8 Å². The zero-order valence-electron chi connectivity index (χ0n) is 11.7. The Balaban J connectivity index is 2.11. The van der Waals surface area contributed by atoms with Crippen molar-refractivity contribution in [1.29, 1.82) is 0 Å². The van der Waals surface area contributed by atoms with Crippen LogP contribution in [-0.4, -0.2) is 30.6 Å². The SMILES string of the molecule is CCCN1CCC(Nc2c(F)c(F)c(F)c(F)c2F)CC1. The first kappa shape index (κ1) is 16.0. The number of benzene rings is 1. The van der Waals surface area contributed by atoms with Gasteiger partial charge in [0.05, 0.1) is 0 Å². The van der Waals surface area contributed by atoms with Gasteiger partial charge < -0.3 is 10.2 Å². The minimum Gasteiger partial charge on any atom is -0.377 e. The molecular weight excluding hydrogens is 291 g/mol. The lowest BCUT2D eigenvalue weighted by atomic mass is 10.0. The average molecular weight is 308 g/mol. The highest BCUT2D eigenvalue weighted by Gasteiger charge is 2.28. The summed E-state index contributed by atoms with van der Waals surface area (Å²) in [5, 5.41) is 2.47. The first-order valence-electron chi connectivity index (χ1n) is 6.96. The van der Waals surface area contributed by atoms with Crippen molar-refractivity contribution in [2.24, 2.45) is 0 Å². The molecule has 2 nitrogen and oxygen atoms in total. The van der Waals surface area contributed by atoms with Gasteiger partial charge in [0.25, 0.3) is 0 Å². The smallest absolute Gasteiger partial charge is 0.200 e. The van der Waals surface area contributed by atoms with Crippen molar-refractivity contribution in [3.05, 3.63) is 29.1 Å². The van der Waals surface area contributed by atoms with Crippen LogP contribution in [0, 0.1) is 29.1 Å². The minimum atomic E-state index is -2.13. The number of hydrogen-bond donors (Lipinski definition) is 1. The van der Waals surface area contributed by atoms with E-state index in [1.165, 1.54) is 0 Å². The maximum absolute atomic E-state index is 13.6. The fraction of sp³-hybridized carbons (Fsp3) is 0.571. The normalized spacial score (nSPS) is 17.2. The molecule has 21 heavy (non-hydrogen) atoms. The van der Waals surface area contributed by atoms with Crippen LogP contribution in [0.5, 0.6) is 0 Å². The Bertz CT molecular complexity index is 484. The Morgan fingerprint density at radius 2 is 1.38 bits per heavy atom. The largest absolute Gasteiger partial charge is 0.377 e. The lowest BCUT2D eigenvalue weighted by Gasteiger charge is -2.32. The fourth-order valence-electron chi connectivity index (χ4n) is 2.55. The molecule has 1 saturated heterocycles. The molecule has 1 aliphatic heterocycles. The predicted octanol–water partition coefficient (Wildman–Crippen LogP) is 3.67. The molecule has 118 valence electrons. The number of piperidine rings is 1. The van der Waals surface area contributed by atoms with E-state index in [0.717, 1.165) is 26.1 Å². The van der Waals surface area contributed by atoms with Gasteiger partial charge in [0.2, 0.25) is 5.82 Å². The van der Waals surface area contributed by atoms with Gasteiger partial charge in [0.15, 0.2) is 23.3 Å². The van der Waals surface area contributed by atoms with E-state index in [0.29, 0.717) is 12.8 Å². The van der Waals surface area contributed by atoms with Gasteiger partial charge in [0.1, 0.15) is 5.69 Å². The van der Waals surface area contributed by atoms with Crippen molar-refractivity contribution in [3.63, 3.8) is 0 Å². The molecule has 0 amide bonds. The van der Waals surface area contributed by atoms with Gasteiger partial charge in [-0.2, -0.15) is 0 Å². The van der Waals surface area contributed by atoms with E-state index < -0.39 is 34.8 Å². The number of halogens is 5. The van der Waals surface area contributed by atoms with Crippen molar-refractivity contribution in [2.45, 2.75) is 32.2 Å². The van der Waals surface area contributed by atoms with Crippen molar-refractivity contribution in [1.82, 2.24) is 4.90 Å². The van der Waals surface area contributed by atoms with Crippen molar-refractivity contribution < 1.29 is 22.0 Å². The number of hydrogen-bond acceptors (Lipinski definition) is 2. The van der Waals surface area contributed by atoms with Crippen LogP contribution in [-0.2, 0) is 0 Å². The van der Waals surface area contributed by atoms with Crippen LogP contribution in [0.4, 0.5) is 27.6 Å². The summed E-state index contributed by atoms with van der Waals surface area (Å²) in [4.78, 5) is 2.21. The summed E-state index contributed by atoms with van der Waals surface area (Å²) in [5.41, 5.74) is -0.930. The van der Waals surface area contributed by atoms with E-state index >= 15 is 0 Å². The zero-order valence-corrected chi connectivity index (χ0v) is 11.7. The summed E-state index contributed by atoms with van der Waals surface area (Å²) in [5.74, 6) is -9.57. The number of likely N-dealkylation sites (tertiary alicyclic amines) is 1. The summed E-state index contributed by atoms with van der Waals surface area (Å²) < 4.78 is 66.3. The highest BCUT2D eigenvalue weighted by atomic mass is 19.2. The van der Waals surface area contributed by atoms with Crippen molar-refractivity contribution in [2.75, 3.05) is 25.0 Å². The molecule has 1 N–H and O–H groups in total. The molecule has 0 atom stereocenters. The van der Waals surface area contributed by atoms with E-state index in [9.17, 15) is 22.0 Å². The molecule has 0 aliphatic carbocycles. The van der Waals surface area contributed by atoms with Crippen LogP contribution in [0.15, 0.2) is 0 Å². The molecular formula is C14H17F5N2.